The maximum Gasteiger partial charge on any atom is 0.159 e. The molecule has 3 heteroatoms. The van der Waals surface area contributed by atoms with Gasteiger partial charge in [0.25, 0.3) is 0 Å². The Labute approximate surface area is 387 Å². The van der Waals surface area contributed by atoms with E-state index in [0.717, 1.165) is 56.0 Å². The summed E-state index contributed by atoms with van der Waals surface area (Å²) in [6, 6.07) is 88.3. The molecule has 0 atom stereocenters. The first-order valence-corrected chi connectivity index (χ1v) is 23.0. The van der Waals surface area contributed by atoms with E-state index in [1.54, 1.807) is 0 Å². The molecule has 3 nitrogen and oxygen atoms in total. The van der Waals surface area contributed by atoms with Gasteiger partial charge in [-0.25, -0.2) is 0 Å². The van der Waals surface area contributed by atoms with E-state index in [-0.39, 0.29) is 0 Å². The predicted octanol–water partition coefficient (Wildman–Crippen LogP) is 18.0. The van der Waals surface area contributed by atoms with Crippen molar-refractivity contribution in [1.82, 2.24) is 4.57 Å². The van der Waals surface area contributed by atoms with E-state index in [9.17, 15) is 0 Å². The molecule has 1 aliphatic heterocycles. The Hall–Kier alpha value is -8.92. The highest BCUT2D eigenvalue weighted by molar-refractivity contribution is 6.21. The van der Waals surface area contributed by atoms with E-state index >= 15 is 0 Å². The fraction of sp³-hybridized carbons (Fsp3) is 0. The Morgan fingerprint density at radius 1 is 0.299 bits per heavy atom. The number of hydrogen-bond donors (Lipinski definition) is 0. The maximum atomic E-state index is 6.95. The number of fused-ring (bicyclic) bond motifs is 10. The second-order valence-corrected chi connectivity index (χ2v) is 17.6. The molecule has 0 spiro atoms. The van der Waals surface area contributed by atoms with Gasteiger partial charge in [0, 0.05) is 32.6 Å². The van der Waals surface area contributed by atoms with E-state index in [1.165, 1.54) is 76.5 Å². The van der Waals surface area contributed by atoms with Gasteiger partial charge in [0.1, 0.15) is 0 Å². The zero-order chi connectivity index (χ0) is 44.0. The van der Waals surface area contributed by atoms with Crippen LogP contribution in [0.1, 0.15) is 0 Å². The predicted molar refractivity (Wildman–Crippen MR) is 282 cm³/mol. The average Bonchev–Trinajstić information content (AvgIpc) is 3.72. The number of aromatic nitrogens is 1. The summed E-state index contributed by atoms with van der Waals surface area (Å²) in [7, 11) is 0. The Morgan fingerprint density at radius 3 is 1.66 bits per heavy atom. The van der Waals surface area contributed by atoms with Gasteiger partial charge < -0.3 is 14.2 Å². The topological polar surface area (TPSA) is 17.4 Å². The monoisotopic (exact) mass is 852 g/mol. The SMILES string of the molecule is c1ccc(N2c3ccc(-c4ccc5c(c4)c4ccccc4n5-c4c5ccccc5c(-c5cccc(-c6ccc7ccccc7c6)c5)c5ccccc45)cc3Oc3c2ccc2ccccc32)cc1. The molecule has 0 saturated heterocycles. The zero-order valence-corrected chi connectivity index (χ0v) is 36.4. The number of anilines is 3. The Balaban J connectivity index is 0.937. The molecule has 67 heavy (non-hydrogen) atoms. The second-order valence-electron chi connectivity index (χ2n) is 17.6. The molecule has 0 N–H and O–H groups in total. The first kappa shape index (κ1) is 37.5. The van der Waals surface area contributed by atoms with Crippen LogP contribution < -0.4 is 9.64 Å². The Bertz CT molecular complexity index is 4090. The lowest BCUT2D eigenvalue weighted by molar-refractivity contribution is 0.483. The van der Waals surface area contributed by atoms with Crippen molar-refractivity contribution >= 4 is 82.0 Å². The minimum Gasteiger partial charge on any atom is -0.452 e. The summed E-state index contributed by atoms with van der Waals surface area (Å²) in [5, 5.41) is 12.0. The third-order valence-corrected chi connectivity index (χ3v) is 13.9. The van der Waals surface area contributed by atoms with Crippen LogP contribution in [0, 0.1) is 0 Å². The molecule has 312 valence electrons. The van der Waals surface area contributed by atoms with Crippen molar-refractivity contribution in [2.45, 2.75) is 0 Å². The molecule has 12 aromatic carbocycles. The van der Waals surface area contributed by atoms with Crippen molar-refractivity contribution in [3.05, 3.63) is 243 Å². The van der Waals surface area contributed by atoms with Crippen LogP contribution in [0.5, 0.6) is 11.5 Å². The molecule has 0 bridgehead atoms. The van der Waals surface area contributed by atoms with E-state index in [4.69, 9.17) is 4.74 Å². The van der Waals surface area contributed by atoms with E-state index < -0.39 is 0 Å². The Kier molecular flexibility index (Phi) is 8.28. The van der Waals surface area contributed by atoms with Crippen molar-refractivity contribution in [2.75, 3.05) is 4.90 Å². The van der Waals surface area contributed by atoms with Crippen LogP contribution in [0.2, 0.25) is 0 Å². The lowest BCUT2D eigenvalue weighted by Gasteiger charge is -2.33. The van der Waals surface area contributed by atoms with Crippen LogP contribution >= 0.6 is 0 Å². The lowest BCUT2D eigenvalue weighted by atomic mass is 9.89. The van der Waals surface area contributed by atoms with Gasteiger partial charge in [0.2, 0.25) is 0 Å². The fourth-order valence-electron chi connectivity index (χ4n) is 10.8. The van der Waals surface area contributed by atoms with Crippen LogP contribution in [0.4, 0.5) is 17.1 Å². The van der Waals surface area contributed by atoms with Crippen molar-refractivity contribution in [2.24, 2.45) is 0 Å². The molecular weight excluding hydrogens is 813 g/mol. The first-order valence-electron chi connectivity index (χ1n) is 23.0. The molecule has 0 fully saturated rings. The molecule has 2 heterocycles. The molecule has 0 saturated carbocycles. The van der Waals surface area contributed by atoms with Crippen molar-refractivity contribution in [3.63, 3.8) is 0 Å². The van der Waals surface area contributed by atoms with Crippen molar-refractivity contribution < 1.29 is 4.74 Å². The standard InChI is InChI=1S/C64H40N2O/c1-2-20-49(21-3-1)65-59-35-33-47(40-61(59)67-64-50-22-7-6-16-42(50)31-36-60(64)65)46-32-34-58-56(39-46)51-23-12-13-28-57(51)66(58)63-54-26-10-8-24-52(54)62(53-25-9-11-27-55(53)63)48-19-14-18-44(38-48)45-30-29-41-15-4-5-17-43(41)37-45/h1-40H. The van der Waals surface area contributed by atoms with Gasteiger partial charge >= 0.3 is 0 Å². The quantitative estimate of drug-likeness (QED) is 0.161. The Morgan fingerprint density at radius 2 is 0.851 bits per heavy atom. The highest BCUT2D eigenvalue weighted by Crippen LogP contribution is 2.54. The summed E-state index contributed by atoms with van der Waals surface area (Å²) < 4.78 is 9.45. The lowest BCUT2D eigenvalue weighted by Crippen LogP contribution is -2.16. The largest absolute Gasteiger partial charge is 0.452 e. The molecule has 1 aromatic heterocycles. The van der Waals surface area contributed by atoms with Crippen LogP contribution in [0.25, 0.3) is 104 Å². The normalized spacial score (nSPS) is 12.3. The molecular formula is C64H40N2O. The summed E-state index contributed by atoms with van der Waals surface area (Å²) in [6.07, 6.45) is 0. The van der Waals surface area contributed by atoms with Crippen LogP contribution in [0.15, 0.2) is 243 Å². The van der Waals surface area contributed by atoms with E-state index in [0.29, 0.717) is 0 Å². The number of ether oxygens (including phenoxy) is 1. The van der Waals surface area contributed by atoms with Gasteiger partial charge in [0.15, 0.2) is 11.5 Å². The van der Waals surface area contributed by atoms with Crippen LogP contribution in [0.3, 0.4) is 0 Å². The molecule has 13 aromatic rings. The van der Waals surface area contributed by atoms with E-state index in [1.807, 2.05) is 0 Å². The summed E-state index contributed by atoms with van der Waals surface area (Å²) in [6.45, 7) is 0. The third kappa shape index (κ3) is 5.85. The van der Waals surface area contributed by atoms with Gasteiger partial charge in [-0.05, 0) is 121 Å². The summed E-state index contributed by atoms with van der Waals surface area (Å²) in [4.78, 5) is 2.32. The van der Waals surface area contributed by atoms with Gasteiger partial charge in [-0.2, -0.15) is 0 Å². The smallest absolute Gasteiger partial charge is 0.159 e. The molecule has 14 rings (SSSR count). The summed E-state index contributed by atoms with van der Waals surface area (Å²) in [5.74, 6) is 1.70. The van der Waals surface area contributed by atoms with Crippen LogP contribution in [-0.2, 0) is 0 Å². The summed E-state index contributed by atoms with van der Waals surface area (Å²) in [5.41, 5.74) is 13.8. The van der Waals surface area contributed by atoms with Gasteiger partial charge in [-0.1, -0.05) is 182 Å². The van der Waals surface area contributed by atoms with E-state index in [2.05, 4.69) is 252 Å². The molecule has 0 amide bonds. The molecule has 1 aliphatic rings. The number of hydrogen-bond acceptors (Lipinski definition) is 2. The maximum absolute atomic E-state index is 6.95. The highest BCUT2D eigenvalue weighted by atomic mass is 16.5. The first-order chi connectivity index (χ1) is 33.2. The molecule has 0 radical (unpaired) electrons. The number of nitrogens with zero attached hydrogens (tertiary/aromatic N) is 2. The van der Waals surface area contributed by atoms with Crippen molar-refractivity contribution in [3.8, 4) is 50.6 Å². The van der Waals surface area contributed by atoms with Gasteiger partial charge in [-0.15, -0.1) is 0 Å². The number of rotatable bonds is 5. The molecule has 0 aliphatic carbocycles. The fourth-order valence-corrected chi connectivity index (χ4v) is 10.8. The van der Waals surface area contributed by atoms with Gasteiger partial charge in [0.05, 0.1) is 28.1 Å². The second kappa shape index (κ2) is 14.8. The molecule has 0 unspecified atom stereocenters. The van der Waals surface area contributed by atoms with Crippen LogP contribution in [-0.4, -0.2) is 4.57 Å². The average molecular weight is 853 g/mol. The minimum atomic E-state index is 0.827. The third-order valence-electron chi connectivity index (χ3n) is 13.9. The summed E-state index contributed by atoms with van der Waals surface area (Å²) >= 11 is 0. The minimum absolute atomic E-state index is 0.827. The number of benzene rings is 12. The number of para-hydroxylation sites is 2. The van der Waals surface area contributed by atoms with Crippen molar-refractivity contribution in [1.29, 1.82) is 0 Å². The zero-order valence-electron chi connectivity index (χ0n) is 36.4. The van der Waals surface area contributed by atoms with Gasteiger partial charge in [-0.3, -0.25) is 0 Å². The highest BCUT2D eigenvalue weighted by Gasteiger charge is 2.28.